The van der Waals surface area contributed by atoms with Gasteiger partial charge in [0.05, 0.1) is 0 Å². The van der Waals surface area contributed by atoms with Crippen molar-refractivity contribution in [1.82, 2.24) is 0 Å². The Labute approximate surface area is 131 Å². The van der Waals surface area contributed by atoms with Crippen molar-refractivity contribution in [2.45, 2.75) is 26.9 Å². The monoisotopic (exact) mass is 335 g/mol. The average molecular weight is 336 g/mol. The van der Waals surface area contributed by atoms with Crippen LogP contribution in [-0.4, -0.2) is 9.52 Å². The second-order valence-corrected chi connectivity index (χ2v) is 7.31. The molecule has 0 bridgehead atoms. The second kappa shape index (κ2) is 17.2. The molecule has 0 aliphatic rings. The molecule has 0 aliphatic heterocycles. The van der Waals surface area contributed by atoms with Crippen molar-refractivity contribution in [2.24, 2.45) is 0 Å². The third-order valence-electron chi connectivity index (χ3n) is 1.66. The van der Waals surface area contributed by atoms with Crippen LogP contribution in [0.3, 0.4) is 0 Å². The van der Waals surface area contributed by atoms with Gasteiger partial charge in [0, 0.05) is 9.52 Å². The third-order valence-corrected chi connectivity index (χ3v) is 1.66. The predicted molar refractivity (Wildman–Crippen MR) is 84.1 cm³/mol. The molecule has 1 radical (unpaired) electrons. The molecule has 0 saturated heterocycles. The molecular weight excluding hydrogens is 315 g/mol. The van der Waals surface area contributed by atoms with Crippen LogP contribution < -0.4 is 0 Å². The molecule has 0 spiro atoms. The molecule has 0 nitrogen and oxygen atoms in total. The van der Waals surface area contributed by atoms with Gasteiger partial charge in [-0.15, -0.1) is 0 Å². The number of aryl methyl sites for hydroxylation is 2. The van der Waals surface area contributed by atoms with Crippen molar-refractivity contribution in [3.63, 3.8) is 0 Å². The summed E-state index contributed by atoms with van der Waals surface area (Å²) in [6, 6.07) is 16.5. The summed E-state index contributed by atoms with van der Waals surface area (Å²) in [6.07, 6.45) is 0. The zero-order valence-electron chi connectivity index (χ0n) is 11.5. The normalized spacial score (nSPS) is 7.67. The van der Waals surface area contributed by atoms with Gasteiger partial charge in [-0.1, -0.05) is 26.9 Å². The zero-order valence-corrected chi connectivity index (χ0v) is 15.7. The third kappa shape index (κ3) is 18.6. The van der Waals surface area contributed by atoms with Crippen LogP contribution in [-0.2, 0) is 17.0 Å². The van der Waals surface area contributed by atoms with Gasteiger partial charge in [0.15, 0.2) is 0 Å². The Morgan fingerprint density at radius 1 is 0.944 bits per heavy atom. The number of hydrogen-bond donors (Lipinski definition) is 0. The Bertz CT molecular complexity index is 283. The summed E-state index contributed by atoms with van der Waals surface area (Å²) in [6.45, 7) is 8.58. The molecule has 0 aromatic heterocycles. The Balaban J connectivity index is 0. The van der Waals surface area contributed by atoms with Gasteiger partial charge in [0.1, 0.15) is 0 Å². The molecule has 0 aliphatic carbocycles. The van der Waals surface area contributed by atoms with Gasteiger partial charge in [-0.25, -0.2) is 23.3 Å². The molecule has 0 saturated carbocycles. The molecule has 0 unspecified atom stereocenters. The molecule has 0 N–H and O–H groups in total. The molecule has 18 heavy (non-hydrogen) atoms. The first-order chi connectivity index (χ1) is 8.62. The van der Waals surface area contributed by atoms with Crippen molar-refractivity contribution in [1.29, 1.82) is 0 Å². The van der Waals surface area contributed by atoms with Gasteiger partial charge in [-0.05, 0) is 0 Å². The van der Waals surface area contributed by atoms with Gasteiger partial charge < -0.3 is 0 Å². The van der Waals surface area contributed by atoms with Gasteiger partial charge in [0.2, 0.25) is 0 Å². The standard InChI is InChI=1S/2C6H7.C2H7Si.2ClH.Ti/c2*1-6-4-2-3-5-6;1-3-2;;;/h2*2-5H,1H3;3H,1-2H3;2*1H;/q2*-1;;;;+2/p-2. The Kier molecular flexibility index (Phi) is 19.6. The first kappa shape index (κ1) is 20.5. The van der Waals surface area contributed by atoms with Gasteiger partial charge >= 0.3 is 35.6 Å². The van der Waals surface area contributed by atoms with Crippen molar-refractivity contribution < 1.29 is 17.0 Å². The van der Waals surface area contributed by atoms with E-state index in [0.29, 0.717) is 0 Å². The number of hydrogen-bond acceptors (Lipinski definition) is 0. The van der Waals surface area contributed by atoms with Crippen LogP contribution in [0, 0.1) is 13.8 Å². The molecule has 0 atom stereocenters. The van der Waals surface area contributed by atoms with Crippen LogP contribution in [0.15, 0.2) is 48.5 Å². The first-order valence-electron chi connectivity index (χ1n) is 5.69. The van der Waals surface area contributed by atoms with Crippen LogP contribution in [0.2, 0.25) is 13.1 Å². The van der Waals surface area contributed by atoms with E-state index in [4.69, 9.17) is 18.6 Å². The van der Waals surface area contributed by atoms with Crippen LogP contribution in [0.1, 0.15) is 11.1 Å². The summed E-state index contributed by atoms with van der Waals surface area (Å²) in [5, 5.41) is 0. The van der Waals surface area contributed by atoms with Gasteiger partial charge in [-0.2, -0.15) is 36.4 Å². The average Bonchev–Trinajstić information content (AvgIpc) is 2.95. The molecule has 4 heteroatoms. The summed E-state index contributed by atoms with van der Waals surface area (Å²) in [7, 11) is 10.5. The Morgan fingerprint density at radius 2 is 1.22 bits per heavy atom. The summed E-state index contributed by atoms with van der Waals surface area (Å²) >= 11 is -0.556. The van der Waals surface area contributed by atoms with Gasteiger partial charge in [-0.3, -0.25) is 0 Å². The minimum atomic E-state index is -0.556. The molecule has 2 aromatic rings. The van der Waals surface area contributed by atoms with E-state index in [-0.39, 0.29) is 0 Å². The van der Waals surface area contributed by atoms with E-state index < -0.39 is 17.0 Å². The Morgan fingerprint density at radius 3 is 1.28 bits per heavy atom. The molecular formula is C14H21Cl2SiTi-2. The maximum atomic E-state index is 4.89. The van der Waals surface area contributed by atoms with E-state index in [1.165, 1.54) is 11.1 Å². The molecule has 0 heterocycles. The maximum absolute atomic E-state index is 4.89. The summed E-state index contributed by atoms with van der Waals surface area (Å²) < 4.78 is 0. The van der Waals surface area contributed by atoms with Crippen molar-refractivity contribution in [3.05, 3.63) is 59.7 Å². The van der Waals surface area contributed by atoms with E-state index >= 15 is 0 Å². The van der Waals surface area contributed by atoms with Crippen LogP contribution >= 0.6 is 18.6 Å². The van der Waals surface area contributed by atoms with E-state index in [2.05, 4.69) is 51.2 Å². The van der Waals surface area contributed by atoms with Crippen LogP contribution in [0.25, 0.3) is 0 Å². The Hall–Kier alpha value is 0.211. The molecule has 101 valence electrons. The zero-order chi connectivity index (χ0) is 14.2. The molecule has 0 fully saturated rings. The van der Waals surface area contributed by atoms with Gasteiger partial charge in [0.25, 0.3) is 0 Å². The van der Waals surface area contributed by atoms with E-state index in [9.17, 15) is 0 Å². The molecule has 2 aromatic carbocycles. The first-order valence-corrected chi connectivity index (χ1v) is 12.3. The van der Waals surface area contributed by atoms with Crippen molar-refractivity contribution in [2.75, 3.05) is 0 Å². The molecule has 2 rings (SSSR count). The fourth-order valence-corrected chi connectivity index (χ4v) is 0.940. The topological polar surface area (TPSA) is 0 Å². The SMILES string of the molecule is C[SiH]C.Cc1cc[cH-]c1.Cc1cc[cH-]c1.[Cl][Ti][Cl]. The summed E-state index contributed by atoms with van der Waals surface area (Å²) in [4.78, 5) is 0. The predicted octanol–water partition coefficient (Wildman–Crippen LogP) is 5.32. The van der Waals surface area contributed by atoms with Crippen molar-refractivity contribution in [3.8, 4) is 0 Å². The van der Waals surface area contributed by atoms with E-state index in [1.807, 2.05) is 24.3 Å². The van der Waals surface area contributed by atoms with E-state index in [1.54, 1.807) is 0 Å². The fourth-order valence-electron chi connectivity index (χ4n) is 0.940. The summed E-state index contributed by atoms with van der Waals surface area (Å²) in [5.74, 6) is 0. The number of halogens is 2. The van der Waals surface area contributed by atoms with Crippen molar-refractivity contribution >= 4 is 28.1 Å². The fraction of sp³-hybridized carbons (Fsp3) is 0.286. The number of rotatable bonds is 0. The summed E-state index contributed by atoms with van der Waals surface area (Å²) in [5.41, 5.74) is 2.69. The molecule has 0 amide bonds. The van der Waals surface area contributed by atoms with Crippen LogP contribution in [0.4, 0.5) is 0 Å². The van der Waals surface area contributed by atoms with E-state index in [0.717, 1.165) is 9.52 Å². The minimum absolute atomic E-state index is 0.556. The quantitative estimate of drug-likeness (QED) is 0.451. The van der Waals surface area contributed by atoms with Crippen LogP contribution in [0.5, 0.6) is 0 Å². The second-order valence-electron chi connectivity index (χ2n) is 3.57.